The quantitative estimate of drug-likeness (QED) is 0.844. The maximum Gasteiger partial charge on any atom is 0.246 e. The molecule has 106 valence electrons. The largest absolute Gasteiger partial charge is 0.273 e. The molecular weight excluding hydrogens is 293 g/mol. The summed E-state index contributed by atoms with van der Waals surface area (Å²) in [6, 6.07) is 3.18. The molecule has 1 amide bonds. The molecule has 0 N–H and O–H groups in total. The molecule has 0 aliphatic rings. The highest BCUT2D eigenvalue weighted by Crippen LogP contribution is 2.32. The van der Waals surface area contributed by atoms with Crippen LogP contribution in [0.5, 0.6) is 0 Å². The van der Waals surface area contributed by atoms with Crippen molar-refractivity contribution in [2.45, 2.75) is 20.8 Å². The summed E-state index contributed by atoms with van der Waals surface area (Å²) in [4.78, 5) is 12.2. The maximum absolute atomic E-state index is 13.0. The highest BCUT2D eigenvalue weighted by molar-refractivity contribution is 7.92. The first-order valence-corrected chi connectivity index (χ1v) is 7.67. The van der Waals surface area contributed by atoms with Crippen molar-refractivity contribution in [2.75, 3.05) is 10.6 Å². The van der Waals surface area contributed by atoms with Gasteiger partial charge in [-0.1, -0.05) is 32.4 Å². The average molecular weight is 308 g/mol. The van der Waals surface area contributed by atoms with Gasteiger partial charge in [-0.15, -0.1) is 0 Å². The lowest BCUT2D eigenvalue weighted by Crippen LogP contribution is -2.43. The van der Waals surface area contributed by atoms with E-state index >= 15 is 0 Å². The Bertz CT molecular complexity index is 608. The standard InChI is InChI=1S/C12H15ClFNO3S/c1-12(2,3)11(16)15(19(4,17)18)10-6-5-8(14)7-9(10)13/h5-7H,1-4H3. The zero-order valence-corrected chi connectivity index (χ0v) is 12.6. The molecule has 4 nitrogen and oxygen atoms in total. The number of rotatable bonds is 2. The molecular formula is C12H15ClFNO3S. The van der Waals surface area contributed by atoms with E-state index in [9.17, 15) is 17.6 Å². The predicted octanol–water partition coefficient (Wildman–Crippen LogP) is 2.82. The van der Waals surface area contributed by atoms with Crippen LogP contribution in [0.3, 0.4) is 0 Å². The fourth-order valence-electron chi connectivity index (χ4n) is 1.39. The van der Waals surface area contributed by atoms with Crippen molar-refractivity contribution in [3.05, 3.63) is 29.0 Å². The highest BCUT2D eigenvalue weighted by Gasteiger charge is 2.35. The molecule has 0 unspecified atom stereocenters. The summed E-state index contributed by atoms with van der Waals surface area (Å²) in [5.41, 5.74) is -0.966. The summed E-state index contributed by atoms with van der Waals surface area (Å²) < 4.78 is 37.2. The van der Waals surface area contributed by atoms with Gasteiger partial charge in [-0.25, -0.2) is 17.1 Å². The van der Waals surface area contributed by atoms with Gasteiger partial charge < -0.3 is 0 Å². The Labute approximate surface area is 117 Å². The van der Waals surface area contributed by atoms with Gasteiger partial charge in [-0.05, 0) is 18.2 Å². The van der Waals surface area contributed by atoms with Crippen LogP contribution in [-0.4, -0.2) is 20.6 Å². The lowest BCUT2D eigenvalue weighted by atomic mass is 9.95. The molecule has 7 heteroatoms. The Kier molecular flexibility index (Phi) is 4.27. The topological polar surface area (TPSA) is 54.5 Å². The molecule has 1 aromatic carbocycles. The maximum atomic E-state index is 13.0. The van der Waals surface area contributed by atoms with Crippen molar-refractivity contribution in [1.29, 1.82) is 0 Å². The van der Waals surface area contributed by atoms with Gasteiger partial charge in [-0.2, -0.15) is 0 Å². The second kappa shape index (κ2) is 5.09. The number of hydrogen-bond donors (Lipinski definition) is 0. The third-order valence-corrected chi connectivity index (χ3v) is 3.61. The number of carbonyl (C=O) groups is 1. The van der Waals surface area contributed by atoms with Crippen LogP contribution in [0.4, 0.5) is 10.1 Å². The molecule has 0 fully saturated rings. The van der Waals surface area contributed by atoms with Gasteiger partial charge >= 0.3 is 0 Å². The van der Waals surface area contributed by atoms with Crippen LogP contribution in [0.15, 0.2) is 18.2 Å². The number of nitrogens with zero attached hydrogens (tertiary/aromatic N) is 1. The Hall–Kier alpha value is -1.14. The molecule has 0 bridgehead atoms. The van der Waals surface area contributed by atoms with Crippen LogP contribution in [0, 0.1) is 11.2 Å². The lowest BCUT2D eigenvalue weighted by Gasteiger charge is -2.28. The van der Waals surface area contributed by atoms with E-state index in [1.807, 2.05) is 0 Å². The number of carbonyl (C=O) groups excluding carboxylic acids is 1. The van der Waals surface area contributed by atoms with E-state index in [1.165, 1.54) is 6.07 Å². The van der Waals surface area contributed by atoms with Crippen molar-refractivity contribution in [3.8, 4) is 0 Å². The molecule has 0 atom stereocenters. The van der Waals surface area contributed by atoms with E-state index in [1.54, 1.807) is 20.8 Å². The van der Waals surface area contributed by atoms with Gasteiger partial charge in [0.15, 0.2) is 0 Å². The van der Waals surface area contributed by atoms with Crippen molar-refractivity contribution in [3.63, 3.8) is 0 Å². The first kappa shape index (κ1) is 15.9. The highest BCUT2D eigenvalue weighted by atomic mass is 35.5. The molecule has 0 spiro atoms. The molecule has 0 saturated heterocycles. The zero-order valence-electron chi connectivity index (χ0n) is 11.1. The van der Waals surface area contributed by atoms with Crippen LogP contribution >= 0.6 is 11.6 Å². The average Bonchev–Trinajstić information content (AvgIpc) is 2.18. The minimum Gasteiger partial charge on any atom is -0.273 e. The molecule has 0 radical (unpaired) electrons. The number of halogens is 2. The van der Waals surface area contributed by atoms with E-state index in [0.29, 0.717) is 4.31 Å². The molecule has 1 rings (SSSR count). The Morgan fingerprint density at radius 3 is 2.21 bits per heavy atom. The monoisotopic (exact) mass is 307 g/mol. The lowest BCUT2D eigenvalue weighted by molar-refractivity contribution is -0.124. The molecule has 0 saturated carbocycles. The van der Waals surface area contributed by atoms with Gasteiger partial charge in [0, 0.05) is 5.41 Å². The molecule has 0 aliphatic carbocycles. The normalized spacial score (nSPS) is 12.3. The molecule has 0 aliphatic heterocycles. The summed E-state index contributed by atoms with van der Waals surface area (Å²) in [6.45, 7) is 4.76. The van der Waals surface area contributed by atoms with Crippen molar-refractivity contribution < 1.29 is 17.6 Å². The van der Waals surface area contributed by atoms with Crippen molar-refractivity contribution in [1.82, 2.24) is 0 Å². The van der Waals surface area contributed by atoms with Crippen LogP contribution < -0.4 is 4.31 Å². The second-order valence-electron chi connectivity index (χ2n) is 5.18. The van der Waals surface area contributed by atoms with E-state index in [4.69, 9.17) is 11.6 Å². The SMILES string of the molecule is CC(C)(C)C(=O)N(c1ccc(F)cc1Cl)S(C)(=O)=O. The number of benzene rings is 1. The predicted molar refractivity (Wildman–Crippen MR) is 73.2 cm³/mol. The van der Waals surface area contributed by atoms with E-state index in [0.717, 1.165) is 18.4 Å². The minimum atomic E-state index is -3.86. The van der Waals surface area contributed by atoms with Crippen molar-refractivity contribution >= 4 is 33.2 Å². The number of anilines is 1. The summed E-state index contributed by atoms with van der Waals surface area (Å²) >= 11 is 5.83. The van der Waals surface area contributed by atoms with Crippen LogP contribution in [0.2, 0.25) is 5.02 Å². The number of hydrogen-bond acceptors (Lipinski definition) is 3. The first-order valence-electron chi connectivity index (χ1n) is 5.44. The fourth-order valence-corrected chi connectivity index (χ4v) is 2.78. The first-order chi connectivity index (χ1) is 8.44. The van der Waals surface area contributed by atoms with Gasteiger partial charge in [-0.3, -0.25) is 4.79 Å². The Morgan fingerprint density at radius 1 is 1.32 bits per heavy atom. The van der Waals surface area contributed by atoms with Crippen LogP contribution in [-0.2, 0) is 14.8 Å². The summed E-state index contributed by atoms with van der Waals surface area (Å²) in [6.07, 6.45) is 0.899. The van der Waals surface area contributed by atoms with Crippen molar-refractivity contribution in [2.24, 2.45) is 5.41 Å². The zero-order chi connectivity index (χ0) is 15.0. The minimum absolute atomic E-state index is 0.0505. The smallest absolute Gasteiger partial charge is 0.246 e. The fraction of sp³-hybridized carbons (Fsp3) is 0.417. The number of amides is 1. The van der Waals surface area contributed by atoms with Gasteiger partial charge in [0.05, 0.1) is 17.0 Å². The van der Waals surface area contributed by atoms with E-state index < -0.39 is 27.2 Å². The summed E-state index contributed by atoms with van der Waals surface area (Å²) in [5, 5.41) is -0.136. The molecule has 0 heterocycles. The van der Waals surface area contributed by atoms with Gasteiger partial charge in [0.2, 0.25) is 15.9 Å². The van der Waals surface area contributed by atoms with Crippen LogP contribution in [0.1, 0.15) is 20.8 Å². The molecule has 0 aromatic heterocycles. The third kappa shape index (κ3) is 3.67. The van der Waals surface area contributed by atoms with Crippen LogP contribution in [0.25, 0.3) is 0 Å². The Balaban J connectivity index is 3.47. The Morgan fingerprint density at radius 2 is 1.84 bits per heavy atom. The van der Waals surface area contributed by atoms with E-state index in [2.05, 4.69) is 0 Å². The molecule has 19 heavy (non-hydrogen) atoms. The van der Waals surface area contributed by atoms with E-state index in [-0.39, 0.29) is 10.7 Å². The molecule has 1 aromatic rings. The summed E-state index contributed by atoms with van der Waals surface area (Å²) in [7, 11) is -3.86. The number of sulfonamides is 1. The van der Waals surface area contributed by atoms with Gasteiger partial charge in [0.1, 0.15) is 5.82 Å². The second-order valence-corrected chi connectivity index (χ2v) is 7.42. The third-order valence-electron chi connectivity index (χ3n) is 2.29. The summed E-state index contributed by atoms with van der Waals surface area (Å²) in [5.74, 6) is -1.24. The van der Waals surface area contributed by atoms with Gasteiger partial charge in [0.25, 0.3) is 0 Å².